The molecule has 0 saturated carbocycles. The molecule has 0 aliphatic carbocycles. The van der Waals surface area contributed by atoms with Crippen molar-refractivity contribution in [3.63, 3.8) is 0 Å². The van der Waals surface area contributed by atoms with Gasteiger partial charge in [0.05, 0.1) is 7.11 Å². The van der Waals surface area contributed by atoms with Gasteiger partial charge in [-0.1, -0.05) is 6.07 Å². The quantitative estimate of drug-likeness (QED) is 0.380. The molecule has 5 atom stereocenters. The predicted molar refractivity (Wildman–Crippen MR) is 89.2 cm³/mol. The summed E-state index contributed by atoms with van der Waals surface area (Å²) in [7, 11) is 1.14. The number of hydrogen-bond acceptors (Lipinski definition) is 9. The van der Waals surface area contributed by atoms with Gasteiger partial charge in [0.15, 0.2) is 24.6 Å². The van der Waals surface area contributed by atoms with Gasteiger partial charge in [-0.05, 0) is 0 Å². The largest absolute Gasteiger partial charge is 0.467 e. The number of esters is 4. The second kappa shape index (κ2) is 9.27. The molecule has 0 aromatic carbocycles. The monoisotopic (exact) mass is 396 g/mol. The summed E-state index contributed by atoms with van der Waals surface area (Å²) in [5, 5.41) is 0. The summed E-state index contributed by atoms with van der Waals surface area (Å²) in [5.74, 6) is -2.98. The minimum atomic E-state index is -1.41. The molecule has 1 aromatic rings. The van der Waals surface area contributed by atoms with E-state index in [1.54, 1.807) is 30.6 Å². The van der Waals surface area contributed by atoms with Gasteiger partial charge in [0.25, 0.3) is 0 Å². The van der Waals surface area contributed by atoms with Gasteiger partial charge in [-0.15, -0.1) is 0 Å². The minimum absolute atomic E-state index is 0.676. The number of ether oxygens (including phenoxy) is 5. The number of aromatic nitrogens is 1. The second-order valence-electron chi connectivity index (χ2n) is 6.02. The van der Waals surface area contributed by atoms with Crippen molar-refractivity contribution in [1.29, 1.82) is 0 Å². The van der Waals surface area contributed by atoms with Gasteiger partial charge in [-0.3, -0.25) is 19.1 Å². The third kappa shape index (κ3) is 5.03. The van der Waals surface area contributed by atoms with Crippen molar-refractivity contribution < 1.29 is 47.4 Å². The number of carbonyl (C=O) groups is 4. The fraction of sp³-hybridized carbons (Fsp3) is 0.500. The second-order valence-corrected chi connectivity index (χ2v) is 6.02. The molecule has 10 heteroatoms. The van der Waals surface area contributed by atoms with E-state index in [0.29, 0.717) is 0 Å². The summed E-state index contributed by atoms with van der Waals surface area (Å²) >= 11 is 0. The molecule has 0 amide bonds. The van der Waals surface area contributed by atoms with Crippen LogP contribution in [0.25, 0.3) is 0 Å². The first kappa shape index (κ1) is 21.3. The van der Waals surface area contributed by atoms with Crippen molar-refractivity contribution in [3.05, 3.63) is 30.6 Å². The van der Waals surface area contributed by atoms with Crippen molar-refractivity contribution in [2.24, 2.45) is 0 Å². The normalized spacial score (nSPS) is 26.6. The van der Waals surface area contributed by atoms with Crippen LogP contribution in [0.15, 0.2) is 30.6 Å². The van der Waals surface area contributed by atoms with Crippen LogP contribution in [-0.2, 0) is 42.9 Å². The molecule has 152 valence electrons. The van der Waals surface area contributed by atoms with Crippen LogP contribution in [0.1, 0.15) is 27.0 Å². The number of pyridine rings is 1. The highest BCUT2D eigenvalue weighted by Crippen LogP contribution is 2.32. The number of carbonyl (C=O) groups excluding carboxylic acids is 4. The summed E-state index contributed by atoms with van der Waals surface area (Å²) < 4.78 is 27.9. The standard InChI is InChI=1S/C18H22NO9/c1-10(20)25-13-14(26-11(2)21)16(18(23)24-4)28-17(15(13)27-12(3)22)19-8-6-5-7-9-19/h5-9,13-17H,1-4H3/q+1. The van der Waals surface area contributed by atoms with Gasteiger partial charge in [-0.25, -0.2) is 4.79 Å². The summed E-state index contributed by atoms with van der Waals surface area (Å²) in [6, 6.07) is 5.14. The molecule has 0 spiro atoms. The average molecular weight is 396 g/mol. The Morgan fingerprint density at radius 2 is 1.29 bits per heavy atom. The molecule has 5 unspecified atom stereocenters. The zero-order valence-corrected chi connectivity index (χ0v) is 15.9. The topological polar surface area (TPSA) is 118 Å². The molecule has 10 nitrogen and oxygen atoms in total. The van der Waals surface area contributed by atoms with Crippen molar-refractivity contribution >= 4 is 23.9 Å². The van der Waals surface area contributed by atoms with E-state index in [2.05, 4.69) is 0 Å². The molecular formula is C18H22NO9+. The Hall–Kier alpha value is -3.01. The first-order chi connectivity index (χ1) is 13.2. The Bertz CT molecular complexity index is 736. The SMILES string of the molecule is COC(=O)C1OC([n+]2ccccc2)C(OC(C)=O)C(OC(C)=O)C1OC(C)=O. The van der Waals surface area contributed by atoms with Gasteiger partial charge in [0, 0.05) is 32.9 Å². The highest BCUT2D eigenvalue weighted by molar-refractivity contribution is 5.77. The van der Waals surface area contributed by atoms with Crippen LogP contribution in [0.3, 0.4) is 0 Å². The van der Waals surface area contributed by atoms with Gasteiger partial charge in [0.1, 0.15) is 0 Å². The molecule has 0 radical (unpaired) electrons. The molecular weight excluding hydrogens is 374 g/mol. The third-order valence-corrected chi connectivity index (χ3v) is 3.89. The zero-order valence-electron chi connectivity index (χ0n) is 15.9. The van der Waals surface area contributed by atoms with Crippen LogP contribution < -0.4 is 4.57 Å². The Kier molecular flexibility index (Phi) is 7.05. The zero-order chi connectivity index (χ0) is 20.8. The molecule has 2 rings (SSSR count). The number of methoxy groups -OCH3 is 1. The molecule has 0 bridgehead atoms. The van der Waals surface area contributed by atoms with E-state index in [0.717, 1.165) is 21.0 Å². The van der Waals surface area contributed by atoms with E-state index < -0.39 is 54.5 Å². The predicted octanol–water partition coefficient (Wildman–Crippen LogP) is -0.160. The summed E-state index contributed by atoms with van der Waals surface area (Å²) in [4.78, 5) is 47.3. The van der Waals surface area contributed by atoms with Crippen LogP contribution in [-0.4, -0.2) is 55.4 Å². The maximum atomic E-state index is 12.3. The fourth-order valence-electron chi connectivity index (χ4n) is 2.92. The van der Waals surface area contributed by atoms with E-state index in [1.807, 2.05) is 0 Å². The van der Waals surface area contributed by atoms with E-state index in [4.69, 9.17) is 23.7 Å². The van der Waals surface area contributed by atoms with Gasteiger partial charge >= 0.3 is 30.1 Å². The van der Waals surface area contributed by atoms with Crippen LogP contribution in [0.2, 0.25) is 0 Å². The highest BCUT2D eigenvalue weighted by atomic mass is 16.7. The molecule has 2 heterocycles. The van der Waals surface area contributed by atoms with Crippen LogP contribution in [0.5, 0.6) is 0 Å². The van der Waals surface area contributed by atoms with Crippen LogP contribution in [0.4, 0.5) is 0 Å². The minimum Gasteiger partial charge on any atom is -0.467 e. The maximum Gasteiger partial charge on any atom is 0.339 e. The van der Waals surface area contributed by atoms with Crippen molar-refractivity contribution in [2.45, 2.75) is 51.4 Å². The molecule has 28 heavy (non-hydrogen) atoms. The summed E-state index contributed by atoms with van der Waals surface area (Å²) in [6.07, 6.45) is -3.11. The van der Waals surface area contributed by atoms with E-state index in [-0.39, 0.29) is 0 Å². The average Bonchev–Trinajstić information content (AvgIpc) is 2.63. The summed E-state index contributed by atoms with van der Waals surface area (Å²) in [5.41, 5.74) is 0. The number of nitrogens with zero attached hydrogens (tertiary/aromatic N) is 1. The van der Waals surface area contributed by atoms with E-state index in [1.165, 1.54) is 11.5 Å². The molecule has 1 aliphatic heterocycles. The molecule has 1 aliphatic rings. The molecule has 0 N–H and O–H groups in total. The summed E-state index contributed by atoms with van der Waals surface area (Å²) in [6.45, 7) is 3.44. The first-order valence-corrected chi connectivity index (χ1v) is 8.45. The smallest absolute Gasteiger partial charge is 0.339 e. The van der Waals surface area contributed by atoms with Crippen molar-refractivity contribution in [2.75, 3.05) is 7.11 Å². The Labute approximate surface area is 161 Å². The van der Waals surface area contributed by atoms with E-state index in [9.17, 15) is 19.2 Å². The Morgan fingerprint density at radius 1 is 0.786 bits per heavy atom. The third-order valence-electron chi connectivity index (χ3n) is 3.89. The highest BCUT2D eigenvalue weighted by Gasteiger charge is 2.58. The van der Waals surface area contributed by atoms with Gasteiger partial charge in [0.2, 0.25) is 12.2 Å². The van der Waals surface area contributed by atoms with Crippen LogP contribution >= 0.6 is 0 Å². The lowest BCUT2D eigenvalue weighted by molar-refractivity contribution is -0.776. The van der Waals surface area contributed by atoms with Crippen molar-refractivity contribution in [3.8, 4) is 0 Å². The lowest BCUT2D eigenvalue weighted by Gasteiger charge is -2.40. The molecule has 1 fully saturated rings. The number of hydrogen-bond donors (Lipinski definition) is 0. The van der Waals surface area contributed by atoms with Crippen LogP contribution in [0, 0.1) is 0 Å². The molecule has 1 aromatic heterocycles. The number of rotatable bonds is 5. The first-order valence-electron chi connectivity index (χ1n) is 8.45. The Morgan fingerprint density at radius 3 is 1.79 bits per heavy atom. The Balaban J connectivity index is 2.56. The van der Waals surface area contributed by atoms with Gasteiger partial charge < -0.3 is 18.9 Å². The fourth-order valence-corrected chi connectivity index (χ4v) is 2.92. The lowest BCUT2D eigenvalue weighted by atomic mass is 9.96. The van der Waals surface area contributed by atoms with Crippen molar-refractivity contribution in [1.82, 2.24) is 0 Å². The maximum absolute atomic E-state index is 12.3. The molecule has 1 saturated heterocycles. The van der Waals surface area contributed by atoms with E-state index >= 15 is 0 Å². The van der Waals surface area contributed by atoms with Gasteiger partial charge in [-0.2, -0.15) is 4.57 Å². The lowest BCUT2D eigenvalue weighted by Crippen LogP contribution is -2.66.